The molecule has 1 heterocycles. The molecule has 0 saturated carbocycles. The molecule has 2 aromatic rings. The largest absolute Gasteiger partial charge is 0.342 e. The van der Waals surface area contributed by atoms with Gasteiger partial charge in [-0.2, -0.15) is 12.1 Å². The van der Waals surface area contributed by atoms with E-state index in [1.54, 1.807) is 10.6 Å². The van der Waals surface area contributed by atoms with Crippen LogP contribution < -0.4 is 5.56 Å². The number of pyridine rings is 1. The van der Waals surface area contributed by atoms with Gasteiger partial charge in [0.15, 0.2) is 0 Å². The molecule has 0 fully saturated rings. The zero-order chi connectivity index (χ0) is 13.3. The van der Waals surface area contributed by atoms with Crippen LogP contribution in [0.15, 0.2) is 33.5 Å². The van der Waals surface area contributed by atoms with E-state index in [4.69, 9.17) is 11.6 Å². The Morgan fingerprint density at radius 1 is 1.42 bits per heavy atom. The minimum absolute atomic E-state index is 0. The molecule has 19 heavy (non-hydrogen) atoms. The number of hydrogen-bond donors (Lipinski definition) is 0. The van der Waals surface area contributed by atoms with Crippen LogP contribution in [0.4, 0.5) is 0 Å². The van der Waals surface area contributed by atoms with Crippen LogP contribution in [-0.2, 0) is 39.3 Å². The van der Waals surface area contributed by atoms with Crippen LogP contribution >= 0.6 is 27.5 Å². The summed E-state index contributed by atoms with van der Waals surface area (Å²) in [5, 5.41) is 0.693. The summed E-state index contributed by atoms with van der Waals surface area (Å²) >= 11 is 9.19. The topological polar surface area (TPSA) is 22.0 Å². The smallest absolute Gasteiger partial charge is 0.208 e. The number of nitrogens with zero attached hydrogens (tertiary/aromatic N) is 1. The van der Waals surface area contributed by atoms with Crippen molar-refractivity contribution in [2.75, 3.05) is 0 Å². The summed E-state index contributed by atoms with van der Waals surface area (Å²) in [5.41, 5.74) is 2.76. The average molecular weight is 415 g/mol. The Labute approximate surface area is 151 Å². The standard InChI is InChI=1S/C14H12BrClNO.Y/c1-3-17-13(7-6-12(15)14(17)18)11-5-4-10(16)8-9(11)2;/h4-6,8H,3H2,1-2H3;/q-1;. The number of aryl methyl sites for hydroxylation is 1. The van der Waals surface area contributed by atoms with E-state index in [1.807, 2.05) is 32.0 Å². The van der Waals surface area contributed by atoms with Crippen molar-refractivity contribution in [1.29, 1.82) is 0 Å². The first kappa shape index (κ1) is 17.1. The van der Waals surface area contributed by atoms with Crippen molar-refractivity contribution < 1.29 is 32.7 Å². The molecule has 2 rings (SSSR count). The summed E-state index contributed by atoms with van der Waals surface area (Å²) in [6.07, 6.45) is 0. The molecule has 0 N–H and O–H groups in total. The molecule has 0 saturated heterocycles. The molecule has 0 unspecified atom stereocenters. The number of rotatable bonds is 2. The average Bonchev–Trinajstić information content (AvgIpc) is 2.33. The second kappa shape index (κ2) is 7.17. The van der Waals surface area contributed by atoms with Gasteiger partial charge in [-0.25, -0.2) is 0 Å². The van der Waals surface area contributed by atoms with Gasteiger partial charge in [0.25, 0.3) is 0 Å². The zero-order valence-electron chi connectivity index (χ0n) is 10.7. The fourth-order valence-corrected chi connectivity index (χ4v) is 2.47. The Hall–Kier alpha value is 0.0439. The second-order valence-electron chi connectivity index (χ2n) is 3.99. The molecule has 0 aliphatic heterocycles. The van der Waals surface area contributed by atoms with E-state index in [-0.39, 0.29) is 38.3 Å². The summed E-state index contributed by atoms with van der Waals surface area (Å²) in [6, 6.07) is 10.4. The molecule has 0 bridgehead atoms. The minimum Gasteiger partial charge on any atom is -0.342 e. The van der Waals surface area contributed by atoms with Gasteiger partial charge in [-0.1, -0.05) is 47.5 Å². The molecule has 1 aromatic heterocycles. The van der Waals surface area contributed by atoms with Crippen LogP contribution in [0.3, 0.4) is 0 Å². The van der Waals surface area contributed by atoms with Crippen LogP contribution in [0.1, 0.15) is 12.5 Å². The predicted molar refractivity (Wildman–Crippen MR) is 78.1 cm³/mol. The minimum atomic E-state index is -0.0411. The van der Waals surface area contributed by atoms with Gasteiger partial charge in [0.2, 0.25) is 5.56 Å². The molecule has 1 radical (unpaired) electrons. The molecule has 1 aromatic carbocycles. The van der Waals surface area contributed by atoms with Gasteiger partial charge in [-0.15, -0.1) is 22.0 Å². The van der Waals surface area contributed by atoms with E-state index in [0.29, 0.717) is 16.0 Å². The first-order valence-electron chi connectivity index (χ1n) is 5.62. The SMILES string of the molecule is CCn1c(-c2ccc(Cl)cc2C)[c-]cc(Br)c1=O.[Y]. The van der Waals surface area contributed by atoms with Crippen LogP contribution in [0.5, 0.6) is 0 Å². The Balaban J connectivity index is 0.00000180. The van der Waals surface area contributed by atoms with Crippen molar-refractivity contribution in [2.45, 2.75) is 20.4 Å². The molecule has 0 aliphatic rings. The van der Waals surface area contributed by atoms with Crippen LogP contribution in [0, 0.1) is 13.0 Å². The summed E-state index contributed by atoms with van der Waals surface area (Å²) in [6.45, 7) is 4.52. The fourth-order valence-electron chi connectivity index (χ4n) is 1.92. The third-order valence-corrected chi connectivity index (χ3v) is 3.62. The van der Waals surface area contributed by atoms with Gasteiger partial charge >= 0.3 is 0 Å². The van der Waals surface area contributed by atoms with E-state index in [9.17, 15) is 4.79 Å². The van der Waals surface area contributed by atoms with Crippen molar-refractivity contribution in [3.8, 4) is 11.3 Å². The summed E-state index contributed by atoms with van der Waals surface area (Å²) < 4.78 is 2.22. The third-order valence-electron chi connectivity index (χ3n) is 2.81. The van der Waals surface area contributed by atoms with Crippen molar-refractivity contribution >= 4 is 27.5 Å². The fraction of sp³-hybridized carbons (Fsp3) is 0.214. The summed E-state index contributed by atoms with van der Waals surface area (Å²) in [4.78, 5) is 12.0. The zero-order valence-corrected chi connectivity index (χ0v) is 15.9. The van der Waals surface area contributed by atoms with E-state index in [2.05, 4.69) is 22.0 Å². The third kappa shape index (κ3) is 3.58. The Morgan fingerprint density at radius 3 is 2.68 bits per heavy atom. The monoisotopic (exact) mass is 413 g/mol. The Kier molecular flexibility index (Phi) is 6.45. The molecule has 0 spiro atoms. The van der Waals surface area contributed by atoms with Gasteiger partial charge in [0.1, 0.15) is 0 Å². The quantitative estimate of drug-likeness (QED) is 0.680. The van der Waals surface area contributed by atoms with Gasteiger partial charge in [-0.05, 0) is 11.4 Å². The molecule has 2 nitrogen and oxygen atoms in total. The van der Waals surface area contributed by atoms with Crippen molar-refractivity contribution in [3.63, 3.8) is 0 Å². The normalized spacial score (nSPS) is 10.1. The van der Waals surface area contributed by atoms with Gasteiger partial charge in [-0.3, -0.25) is 4.79 Å². The van der Waals surface area contributed by atoms with Crippen LogP contribution in [0.2, 0.25) is 5.02 Å². The van der Waals surface area contributed by atoms with Gasteiger partial charge in [0.05, 0.1) is 0 Å². The maximum Gasteiger partial charge on any atom is 0.208 e. The molecular weight excluding hydrogens is 402 g/mol. The first-order chi connectivity index (χ1) is 8.54. The Bertz CT molecular complexity index is 654. The molecule has 97 valence electrons. The second-order valence-corrected chi connectivity index (χ2v) is 5.28. The Morgan fingerprint density at radius 2 is 2.11 bits per heavy atom. The number of halogens is 2. The molecule has 0 amide bonds. The predicted octanol–water partition coefficient (Wildman–Crippen LogP) is 4.06. The van der Waals surface area contributed by atoms with E-state index in [1.165, 1.54) is 0 Å². The molecule has 0 atom stereocenters. The number of benzene rings is 1. The van der Waals surface area contributed by atoms with E-state index >= 15 is 0 Å². The molecule has 5 heteroatoms. The van der Waals surface area contributed by atoms with E-state index < -0.39 is 0 Å². The molecular formula is C14H12BrClNOY-. The maximum atomic E-state index is 12.0. The van der Waals surface area contributed by atoms with Gasteiger partial charge < -0.3 is 4.57 Å². The van der Waals surface area contributed by atoms with Crippen molar-refractivity contribution in [1.82, 2.24) is 4.57 Å². The van der Waals surface area contributed by atoms with Crippen molar-refractivity contribution in [3.05, 3.63) is 55.7 Å². The summed E-state index contributed by atoms with van der Waals surface area (Å²) in [5.74, 6) is 0. The first-order valence-corrected chi connectivity index (χ1v) is 6.79. The maximum absolute atomic E-state index is 12.0. The molecule has 0 aliphatic carbocycles. The van der Waals surface area contributed by atoms with Crippen LogP contribution in [-0.4, -0.2) is 4.57 Å². The van der Waals surface area contributed by atoms with Crippen molar-refractivity contribution in [2.24, 2.45) is 0 Å². The summed E-state index contributed by atoms with van der Waals surface area (Å²) in [7, 11) is 0. The van der Waals surface area contributed by atoms with Crippen LogP contribution in [0.25, 0.3) is 11.3 Å². The van der Waals surface area contributed by atoms with E-state index in [0.717, 1.165) is 16.8 Å². The van der Waals surface area contributed by atoms with Gasteiger partial charge in [0, 0.05) is 44.3 Å². The number of aromatic nitrogens is 1. The number of hydrogen-bond acceptors (Lipinski definition) is 1.